The molecule has 110 valence electrons. The molecule has 1 saturated heterocycles. The number of anilines is 2. The van der Waals surface area contributed by atoms with Crippen molar-refractivity contribution in [2.45, 2.75) is 57.9 Å². The number of aromatic nitrogens is 1. The van der Waals surface area contributed by atoms with E-state index in [1.807, 2.05) is 6.20 Å². The smallest absolute Gasteiger partial charge is 0.128 e. The standard InChI is InChI=1S/C17H27N3/c1-14(15-7-3-2-4-8-15)19-16-9-10-17(18-13-16)20-11-5-6-12-20/h9-10,13-15,19H,2-8,11-12H2,1H3. The van der Waals surface area contributed by atoms with E-state index < -0.39 is 0 Å². The van der Waals surface area contributed by atoms with Gasteiger partial charge in [-0.15, -0.1) is 0 Å². The summed E-state index contributed by atoms with van der Waals surface area (Å²) in [7, 11) is 0. The zero-order chi connectivity index (χ0) is 13.8. The summed E-state index contributed by atoms with van der Waals surface area (Å²) >= 11 is 0. The fraction of sp³-hybridized carbons (Fsp3) is 0.706. The number of pyridine rings is 1. The van der Waals surface area contributed by atoms with Crippen molar-refractivity contribution in [3.8, 4) is 0 Å². The van der Waals surface area contributed by atoms with Crippen molar-refractivity contribution in [2.24, 2.45) is 5.92 Å². The van der Waals surface area contributed by atoms with Crippen molar-refractivity contribution >= 4 is 11.5 Å². The minimum Gasteiger partial charge on any atom is -0.381 e. The van der Waals surface area contributed by atoms with Gasteiger partial charge in [0.1, 0.15) is 5.82 Å². The number of nitrogens with one attached hydrogen (secondary N) is 1. The van der Waals surface area contributed by atoms with Crippen LogP contribution in [0, 0.1) is 5.92 Å². The SMILES string of the molecule is CC(Nc1ccc(N2CCCC2)nc1)C1CCCCC1. The molecule has 0 aromatic carbocycles. The Bertz CT molecular complexity index is 403. The van der Waals surface area contributed by atoms with E-state index in [0.717, 1.165) is 24.8 Å². The van der Waals surface area contributed by atoms with Crippen LogP contribution in [-0.2, 0) is 0 Å². The van der Waals surface area contributed by atoms with Crippen LogP contribution in [0.3, 0.4) is 0 Å². The molecule has 1 aromatic heterocycles. The third-order valence-corrected chi connectivity index (χ3v) is 4.93. The average molecular weight is 273 g/mol. The first kappa shape index (κ1) is 13.7. The maximum Gasteiger partial charge on any atom is 0.128 e. The van der Waals surface area contributed by atoms with Crippen LogP contribution in [0.5, 0.6) is 0 Å². The van der Waals surface area contributed by atoms with Crippen molar-refractivity contribution in [1.82, 2.24) is 4.98 Å². The first-order valence-electron chi connectivity index (χ1n) is 8.30. The maximum absolute atomic E-state index is 4.62. The van der Waals surface area contributed by atoms with Crippen LogP contribution in [0.4, 0.5) is 11.5 Å². The van der Waals surface area contributed by atoms with Crippen molar-refractivity contribution in [2.75, 3.05) is 23.3 Å². The summed E-state index contributed by atoms with van der Waals surface area (Å²) in [4.78, 5) is 7.01. The topological polar surface area (TPSA) is 28.2 Å². The Balaban J connectivity index is 1.56. The number of rotatable bonds is 4. The van der Waals surface area contributed by atoms with Gasteiger partial charge in [-0.25, -0.2) is 4.98 Å². The fourth-order valence-corrected chi connectivity index (χ4v) is 3.62. The molecule has 1 aromatic rings. The Morgan fingerprint density at radius 1 is 1.10 bits per heavy atom. The Morgan fingerprint density at radius 2 is 1.85 bits per heavy atom. The van der Waals surface area contributed by atoms with Crippen molar-refractivity contribution in [1.29, 1.82) is 0 Å². The highest BCUT2D eigenvalue weighted by molar-refractivity contribution is 5.49. The monoisotopic (exact) mass is 273 g/mol. The normalized spacial score (nSPS) is 21.9. The summed E-state index contributed by atoms with van der Waals surface area (Å²) in [6.45, 7) is 4.65. The van der Waals surface area contributed by atoms with E-state index in [0.29, 0.717) is 6.04 Å². The van der Waals surface area contributed by atoms with Gasteiger partial charge >= 0.3 is 0 Å². The maximum atomic E-state index is 4.62. The van der Waals surface area contributed by atoms with Crippen LogP contribution in [0.25, 0.3) is 0 Å². The lowest BCUT2D eigenvalue weighted by Crippen LogP contribution is -2.27. The molecule has 0 spiro atoms. The molecule has 1 N–H and O–H groups in total. The molecule has 2 fully saturated rings. The highest BCUT2D eigenvalue weighted by Gasteiger charge is 2.20. The van der Waals surface area contributed by atoms with Gasteiger partial charge in [0, 0.05) is 19.1 Å². The lowest BCUT2D eigenvalue weighted by atomic mass is 9.84. The van der Waals surface area contributed by atoms with Gasteiger partial charge in [0.25, 0.3) is 0 Å². The molecule has 1 saturated carbocycles. The molecule has 2 aliphatic rings. The predicted octanol–water partition coefficient (Wildman–Crippen LogP) is 4.06. The molecule has 3 nitrogen and oxygen atoms in total. The molecule has 0 radical (unpaired) electrons. The summed E-state index contributed by atoms with van der Waals surface area (Å²) in [5.74, 6) is 1.97. The highest BCUT2D eigenvalue weighted by Crippen LogP contribution is 2.28. The van der Waals surface area contributed by atoms with Gasteiger partial charge in [0.2, 0.25) is 0 Å². The second-order valence-corrected chi connectivity index (χ2v) is 6.43. The molecule has 0 bridgehead atoms. The van der Waals surface area contributed by atoms with Gasteiger partial charge < -0.3 is 10.2 Å². The number of hydrogen-bond acceptors (Lipinski definition) is 3. The molecular formula is C17H27N3. The van der Waals surface area contributed by atoms with E-state index in [2.05, 4.69) is 34.3 Å². The summed E-state index contributed by atoms with van der Waals surface area (Å²) in [5.41, 5.74) is 1.17. The Labute approximate surface area is 122 Å². The summed E-state index contributed by atoms with van der Waals surface area (Å²) in [5, 5.41) is 3.65. The molecule has 0 amide bonds. The van der Waals surface area contributed by atoms with Crippen LogP contribution in [0.15, 0.2) is 18.3 Å². The van der Waals surface area contributed by atoms with E-state index in [1.165, 1.54) is 50.6 Å². The van der Waals surface area contributed by atoms with Crippen LogP contribution in [0.1, 0.15) is 51.9 Å². The van der Waals surface area contributed by atoms with Gasteiger partial charge in [0.05, 0.1) is 11.9 Å². The first-order valence-corrected chi connectivity index (χ1v) is 8.30. The molecule has 20 heavy (non-hydrogen) atoms. The minimum atomic E-state index is 0.565. The fourth-order valence-electron chi connectivity index (χ4n) is 3.62. The van der Waals surface area contributed by atoms with Crippen molar-refractivity contribution in [3.05, 3.63) is 18.3 Å². The number of hydrogen-bond donors (Lipinski definition) is 1. The minimum absolute atomic E-state index is 0.565. The van der Waals surface area contributed by atoms with Crippen LogP contribution >= 0.6 is 0 Å². The van der Waals surface area contributed by atoms with Crippen LogP contribution in [-0.4, -0.2) is 24.1 Å². The summed E-state index contributed by atoms with van der Waals surface area (Å²) < 4.78 is 0. The molecular weight excluding hydrogens is 246 g/mol. The van der Waals surface area contributed by atoms with Crippen molar-refractivity contribution in [3.63, 3.8) is 0 Å². The molecule has 1 atom stereocenters. The third kappa shape index (κ3) is 3.25. The third-order valence-electron chi connectivity index (χ3n) is 4.93. The number of nitrogens with zero attached hydrogens (tertiary/aromatic N) is 2. The largest absolute Gasteiger partial charge is 0.381 e. The molecule has 1 aliphatic carbocycles. The van der Waals surface area contributed by atoms with E-state index in [-0.39, 0.29) is 0 Å². The van der Waals surface area contributed by atoms with Gasteiger partial charge in [0.15, 0.2) is 0 Å². The quantitative estimate of drug-likeness (QED) is 0.896. The van der Waals surface area contributed by atoms with Gasteiger partial charge in [-0.1, -0.05) is 19.3 Å². The molecule has 2 heterocycles. The molecule has 1 unspecified atom stereocenters. The second-order valence-electron chi connectivity index (χ2n) is 6.43. The van der Waals surface area contributed by atoms with Crippen LogP contribution in [0.2, 0.25) is 0 Å². The van der Waals surface area contributed by atoms with E-state index in [9.17, 15) is 0 Å². The van der Waals surface area contributed by atoms with Gasteiger partial charge in [-0.3, -0.25) is 0 Å². The Hall–Kier alpha value is -1.25. The van der Waals surface area contributed by atoms with E-state index in [1.54, 1.807) is 0 Å². The van der Waals surface area contributed by atoms with Crippen LogP contribution < -0.4 is 10.2 Å². The molecule has 3 rings (SSSR count). The Morgan fingerprint density at radius 3 is 2.50 bits per heavy atom. The van der Waals surface area contributed by atoms with Gasteiger partial charge in [-0.2, -0.15) is 0 Å². The first-order chi connectivity index (χ1) is 9.83. The van der Waals surface area contributed by atoms with Gasteiger partial charge in [-0.05, 0) is 50.7 Å². The van der Waals surface area contributed by atoms with E-state index in [4.69, 9.17) is 0 Å². The average Bonchev–Trinajstić information content (AvgIpc) is 3.03. The van der Waals surface area contributed by atoms with E-state index >= 15 is 0 Å². The lowest BCUT2D eigenvalue weighted by molar-refractivity contribution is 0.328. The zero-order valence-corrected chi connectivity index (χ0v) is 12.6. The highest BCUT2D eigenvalue weighted by atomic mass is 15.2. The predicted molar refractivity (Wildman–Crippen MR) is 85.3 cm³/mol. The zero-order valence-electron chi connectivity index (χ0n) is 12.6. The van der Waals surface area contributed by atoms with Crippen molar-refractivity contribution < 1.29 is 0 Å². The Kier molecular flexibility index (Phi) is 4.44. The summed E-state index contributed by atoms with van der Waals surface area (Å²) in [6, 6.07) is 4.93. The summed E-state index contributed by atoms with van der Waals surface area (Å²) in [6.07, 6.45) is 11.6. The lowest BCUT2D eigenvalue weighted by Gasteiger charge is -2.29. The molecule has 1 aliphatic heterocycles. The molecule has 3 heteroatoms. The second kappa shape index (κ2) is 6.47.